The third kappa shape index (κ3) is 4.75. The maximum absolute atomic E-state index is 9.83. The summed E-state index contributed by atoms with van der Waals surface area (Å²) >= 11 is 0. The van der Waals surface area contributed by atoms with Crippen molar-refractivity contribution in [2.45, 2.75) is 40.0 Å². The molecule has 2 N–H and O–H groups in total. The predicted octanol–water partition coefficient (Wildman–Crippen LogP) is 3.81. The number of rotatable bonds is 7. The van der Waals surface area contributed by atoms with Crippen molar-refractivity contribution in [2.75, 3.05) is 13.1 Å². The van der Waals surface area contributed by atoms with Crippen molar-refractivity contribution in [3.8, 4) is 18.1 Å². The average Bonchev–Trinajstić information content (AvgIpc) is 2.42. The number of phenols is 1. The van der Waals surface area contributed by atoms with Crippen LogP contribution in [0.25, 0.3) is 5.57 Å². The maximum Gasteiger partial charge on any atom is 0.116 e. The molecule has 108 valence electrons. The first-order valence-electron chi connectivity index (χ1n) is 7.24. The number of phenolic OH excluding ortho intramolecular Hbond substituents is 1. The van der Waals surface area contributed by atoms with Crippen molar-refractivity contribution >= 4 is 5.57 Å². The second-order valence-corrected chi connectivity index (χ2v) is 5.08. The maximum atomic E-state index is 9.83. The summed E-state index contributed by atoms with van der Waals surface area (Å²) in [5.74, 6) is 2.92. The van der Waals surface area contributed by atoms with E-state index in [1.807, 2.05) is 19.1 Å². The Morgan fingerprint density at radius 2 is 2.15 bits per heavy atom. The van der Waals surface area contributed by atoms with Crippen LogP contribution in [0.2, 0.25) is 0 Å². The number of allylic oxidation sites excluding steroid dienone is 1. The van der Waals surface area contributed by atoms with Crippen molar-refractivity contribution < 1.29 is 5.11 Å². The zero-order valence-corrected chi connectivity index (χ0v) is 12.8. The van der Waals surface area contributed by atoms with E-state index in [9.17, 15) is 5.11 Å². The molecule has 0 spiro atoms. The van der Waals surface area contributed by atoms with Gasteiger partial charge >= 0.3 is 0 Å². The minimum absolute atomic E-state index is 0.335. The van der Waals surface area contributed by atoms with Crippen molar-refractivity contribution in [2.24, 2.45) is 0 Å². The Morgan fingerprint density at radius 1 is 1.40 bits per heavy atom. The minimum atomic E-state index is 0.335. The molecule has 2 nitrogen and oxygen atoms in total. The third-order valence-corrected chi connectivity index (χ3v) is 3.48. The Bertz CT molecular complexity index is 509. The molecule has 0 aromatic heterocycles. The SMILES string of the molecule is C#CCNCC/C(=C/CCC)c1cc(O)cc(C)c1C. The largest absolute Gasteiger partial charge is 0.508 e. The highest BCUT2D eigenvalue weighted by atomic mass is 16.3. The van der Waals surface area contributed by atoms with E-state index in [0.717, 1.165) is 36.9 Å². The molecular formula is C18H25NO. The van der Waals surface area contributed by atoms with Gasteiger partial charge in [0.15, 0.2) is 0 Å². The first-order chi connectivity index (χ1) is 9.60. The number of benzene rings is 1. The summed E-state index contributed by atoms with van der Waals surface area (Å²) in [6.07, 6.45) is 10.6. The summed E-state index contributed by atoms with van der Waals surface area (Å²) in [5.41, 5.74) is 4.80. The van der Waals surface area contributed by atoms with Crippen LogP contribution in [-0.4, -0.2) is 18.2 Å². The molecule has 0 saturated carbocycles. The minimum Gasteiger partial charge on any atom is -0.508 e. The molecule has 0 aliphatic rings. The molecule has 0 heterocycles. The molecule has 0 aliphatic heterocycles. The van der Waals surface area contributed by atoms with Crippen LogP contribution in [0.4, 0.5) is 0 Å². The van der Waals surface area contributed by atoms with E-state index in [0.29, 0.717) is 12.3 Å². The van der Waals surface area contributed by atoms with Gasteiger partial charge in [0.05, 0.1) is 6.54 Å². The Hall–Kier alpha value is -1.72. The first kappa shape index (κ1) is 16.3. The predicted molar refractivity (Wildman–Crippen MR) is 86.8 cm³/mol. The van der Waals surface area contributed by atoms with Crippen LogP contribution >= 0.6 is 0 Å². The highest BCUT2D eigenvalue weighted by Crippen LogP contribution is 2.28. The van der Waals surface area contributed by atoms with Gasteiger partial charge in [0.25, 0.3) is 0 Å². The average molecular weight is 271 g/mol. The number of aryl methyl sites for hydroxylation is 1. The van der Waals surface area contributed by atoms with Crippen molar-refractivity contribution in [3.05, 3.63) is 34.9 Å². The molecule has 1 aromatic carbocycles. The fourth-order valence-electron chi connectivity index (χ4n) is 2.22. The zero-order chi connectivity index (χ0) is 15.0. The van der Waals surface area contributed by atoms with Crippen LogP contribution < -0.4 is 5.32 Å². The van der Waals surface area contributed by atoms with Crippen LogP contribution in [0.1, 0.15) is 42.9 Å². The number of nitrogens with one attached hydrogen (secondary N) is 1. The van der Waals surface area contributed by atoms with Gasteiger partial charge in [-0.15, -0.1) is 6.42 Å². The van der Waals surface area contributed by atoms with E-state index < -0.39 is 0 Å². The smallest absolute Gasteiger partial charge is 0.116 e. The van der Waals surface area contributed by atoms with Gasteiger partial charge in [-0.05, 0) is 61.1 Å². The molecule has 0 bridgehead atoms. The van der Waals surface area contributed by atoms with Gasteiger partial charge in [0, 0.05) is 6.54 Å². The fourth-order valence-corrected chi connectivity index (χ4v) is 2.22. The standard InChI is InChI=1S/C18H25NO/c1-5-7-8-16(9-11-19-10-6-2)18-13-17(20)12-14(3)15(18)4/h2,8,12-13,19-20H,5,7,9-11H2,1,3-4H3/b16-8-. The molecule has 1 aromatic rings. The van der Waals surface area contributed by atoms with Gasteiger partial charge in [-0.3, -0.25) is 0 Å². The van der Waals surface area contributed by atoms with Gasteiger partial charge in [-0.1, -0.05) is 25.3 Å². The lowest BCUT2D eigenvalue weighted by Gasteiger charge is -2.14. The number of hydrogen-bond acceptors (Lipinski definition) is 2. The monoisotopic (exact) mass is 271 g/mol. The van der Waals surface area contributed by atoms with Gasteiger partial charge in [0.2, 0.25) is 0 Å². The van der Waals surface area contributed by atoms with Crippen molar-refractivity contribution in [1.82, 2.24) is 5.32 Å². The van der Waals surface area contributed by atoms with Crippen molar-refractivity contribution in [1.29, 1.82) is 0 Å². The third-order valence-electron chi connectivity index (χ3n) is 3.48. The summed E-state index contributed by atoms with van der Waals surface area (Å²) in [5, 5.41) is 13.1. The summed E-state index contributed by atoms with van der Waals surface area (Å²) in [4.78, 5) is 0. The Balaban J connectivity index is 2.96. The van der Waals surface area contributed by atoms with Crippen LogP contribution in [0.5, 0.6) is 5.75 Å². The summed E-state index contributed by atoms with van der Waals surface area (Å²) in [6.45, 7) is 7.77. The molecule has 0 aliphatic carbocycles. The molecule has 0 unspecified atom stereocenters. The van der Waals surface area contributed by atoms with E-state index in [2.05, 4.69) is 31.2 Å². The zero-order valence-electron chi connectivity index (χ0n) is 12.8. The van der Waals surface area contributed by atoms with Gasteiger partial charge in [-0.2, -0.15) is 0 Å². The van der Waals surface area contributed by atoms with Crippen LogP contribution in [0.15, 0.2) is 18.2 Å². The lowest BCUT2D eigenvalue weighted by molar-refractivity contribution is 0.474. The molecule has 0 radical (unpaired) electrons. The Morgan fingerprint density at radius 3 is 2.80 bits per heavy atom. The van der Waals surface area contributed by atoms with Gasteiger partial charge < -0.3 is 10.4 Å². The molecule has 0 atom stereocenters. The number of unbranched alkanes of at least 4 members (excludes halogenated alkanes) is 1. The Kier molecular flexibility index (Phi) is 6.90. The van der Waals surface area contributed by atoms with Crippen LogP contribution in [0, 0.1) is 26.2 Å². The van der Waals surface area contributed by atoms with E-state index in [4.69, 9.17) is 6.42 Å². The second-order valence-electron chi connectivity index (χ2n) is 5.08. The highest BCUT2D eigenvalue weighted by molar-refractivity contribution is 5.70. The molecule has 1 rings (SSSR count). The van der Waals surface area contributed by atoms with E-state index in [1.165, 1.54) is 11.1 Å². The lowest BCUT2D eigenvalue weighted by Crippen LogP contribution is -2.15. The van der Waals surface area contributed by atoms with Gasteiger partial charge in [-0.25, -0.2) is 0 Å². The molecule has 0 amide bonds. The molecule has 0 saturated heterocycles. The van der Waals surface area contributed by atoms with Gasteiger partial charge in [0.1, 0.15) is 5.75 Å². The summed E-state index contributed by atoms with van der Waals surface area (Å²) in [6, 6.07) is 3.68. The number of terminal acetylenes is 1. The lowest BCUT2D eigenvalue weighted by atomic mass is 9.93. The van der Waals surface area contributed by atoms with E-state index in [1.54, 1.807) is 0 Å². The number of aromatic hydroxyl groups is 1. The van der Waals surface area contributed by atoms with E-state index >= 15 is 0 Å². The number of hydrogen-bond donors (Lipinski definition) is 2. The molecule has 20 heavy (non-hydrogen) atoms. The normalized spacial score (nSPS) is 11.4. The van der Waals surface area contributed by atoms with Crippen LogP contribution in [0.3, 0.4) is 0 Å². The highest BCUT2D eigenvalue weighted by Gasteiger charge is 2.09. The summed E-state index contributed by atoms with van der Waals surface area (Å²) < 4.78 is 0. The van der Waals surface area contributed by atoms with Crippen LogP contribution in [-0.2, 0) is 0 Å². The topological polar surface area (TPSA) is 32.3 Å². The first-order valence-corrected chi connectivity index (χ1v) is 7.24. The second kappa shape index (κ2) is 8.45. The fraction of sp³-hybridized carbons (Fsp3) is 0.444. The van der Waals surface area contributed by atoms with E-state index in [-0.39, 0.29) is 0 Å². The quantitative estimate of drug-likeness (QED) is 0.584. The molecular weight excluding hydrogens is 246 g/mol. The molecule has 2 heteroatoms. The summed E-state index contributed by atoms with van der Waals surface area (Å²) in [7, 11) is 0. The Labute approximate surface area is 122 Å². The van der Waals surface area contributed by atoms with Crippen molar-refractivity contribution in [3.63, 3.8) is 0 Å². The molecule has 0 fully saturated rings.